The fourth-order valence-corrected chi connectivity index (χ4v) is 3.50. The Morgan fingerprint density at radius 3 is 1.17 bits per heavy atom. The Morgan fingerprint density at radius 2 is 0.933 bits per heavy atom. The Morgan fingerprint density at radius 1 is 0.633 bits per heavy atom. The summed E-state index contributed by atoms with van der Waals surface area (Å²) >= 11 is 0. The number of hydrogen-bond acceptors (Lipinski definition) is 2. The SMILES string of the molecule is CCc1cc(Cc2cc(CC)cc(C(C)(C)C)c2[O-])c([O-])c(C(C)(C)C)c1.[Cl-].[Cl-].[Ti+4]. The molecule has 0 aliphatic carbocycles. The topological polar surface area (TPSA) is 46.1 Å². The Hall–Kier alpha value is -0.666. The van der Waals surface area contributed by atoms with E-state index < -0.39 is 0 Å². The zero-order chi connectivity index (χ0) is 20.6. The quantitative estimate of drug-likeness (QED) is 0.530. The zero-order valence-electron chi connectivity index (χ0n) is 19.5. The van der Waals surface area contributed by atoms with Crippen LogP contribution in [-0.2, 0) is 51.8 Å². The first-order chi connectivity index (χ1) is 12.4. The Bertz CT molecular complexity index is 765. The minimum absolute atomic E-state index is 0. The second-order valence-electron chi connectivity index (χ2n) is 9.65. The maximum Gasteiger partial charge on any atom is 4.00 e. The van der Waals surface area contributed by atoms with Gasteiger partial charge in [0.2, 0.25) is 0 Å². The number of halogens is 2. The van der Waals surface area contributed by atoms with E-state index in [1.165, 1.54) is 0 Å². The van der Waals surface area contributed by atoms with Crippen LogP contribution in [0.3, 0.4) is 0 Å². The van der Waals surface area contributed by atoms with E-state index in [9.17, 15) is 10.2 Å². The fourth-order valence-electron chi connectivity index (χ4n) is 3.50. The van der Waals surface area contributed by atoms with Crippen molar-refractivity contribution in [3.05, 3.63) is 57.6 Å². The third kappa shape index (κ3) is 7.19. The van der Waals surface area contributed by atoms with Crippen molar-refractivity contribution in [2.24, 2.45) is 0 Å². The van der Waals surface area contributed by atoms with Crippen LogP contribution < -0.4 is 35.0 Å². The van der Waals surface area contributed by atoms with Gasteiger partial charge in [-0.2, -0.15) is 0 Å². The molecule has 0 fully saturated rings. The molecule has 0 atom stereocenters. The summed E-state index contributed by atoms with van der Waals surface area (Å²) in [5.74, 6) is 0.164. The molecule has 30 heavy (non-hydrogen) atoms. The molecule has 5 heteroatoms. The summed E-state index contributed by atoms with van der Waals surface area (Å²) in [5.41, 5.74) is 5.06. The van der Waals surface area contributed by atoms with Gasteiger partial charge in [-0.25, -0.2) is 0 Å². The Labute approximate surface area is 210 Å². The van der Waals surface area contributed by atoms with Crippen molar-refractivity contribution >= 4 is 0 Å². The van der Waals surface area contributed by atoms with Gasteiger partial charge in [-0.3, -0.25) is 0 Å². The molecule has 164 valence electrons. The summed E-state index contributed by atoms with van der Waals surface area (Å²) < 4.78 is 0. The van der Waals surface area contributed by atoms with E-state index in [-0.39, 0.29) is 68.9 Å². The molecule has 0 spiro atoms. The molecule has 2 aromatic rings. The molecule has 0 unspecified atom stereocenters. The summed E-state index contributed by atoms with van der Waals surface area (Å²) in [5, 5.41) is 26.3. The van der Waals surface area contributed by atoms with Crippen LogP contribution in [0.5, 0.6) is 11.5 Å². The molecule has 2 aromatic carbocycles. The smallest absolute Gasteiger partial charge is 1.00 e. The van der Waals surface area contributed by atoms with Crippen LogP contribution in [0.1, 0.15) is 88.8 Å². The molecule has 0 amide bonds. The zero-order valence-corrected chi connectivity index (χ0v) is 22.6. The average Bonchev–Trinajstić information content (AvgIpc) is 2.56. The summed E-state index contributed by atoms with van der Waals surface area (Å²) in [7, 11) is 0. The molecule has 2 rings (SSSR count). The average molecular weight is 485 g/mol. The van der Waals surface area contributed by atoms with Gasteiger partial charge >= 0.3 is 21.7 Å². The summed E-state index contributed by atoms with van der Waals surface area (Å²) in [6.45, 7) is 16.6. The van der Waals surface area contributed by atoms with E-state index in [0.717, 1.165) is 46.2 Å². The molecule has 0 saturated heterocycles. The molecule has 0 aromatic heterocycles. The normalized spacial score (nSPS) is 11.2. The Kier molecular flexibility index (Phi) is 12.4. The number of hydrogen-bond donors (Lipinski definition) is 0. The summed E-state index contributed by atoms with van der Waals surface area (Å²) in [6.07, 6.45) is 2.16. The molecule has 2 nitrogen and oxygen atoms in total. The molecular weight excluding hydrogens is 451 g/mol. The van der Waals surface area contributed by atoms with Crippen molar-refractivity contribution in [2.75, 3.05) is 0 Å². The standard InChI is InChI=1S/C25H36O2.2ClH.Ti/c1-9-16-11-18(22(26)20(13-16)24(3,4)5)15-19-12-17(10-2)14-21(23(19)27)25(6,7)8;;;/h11-14,26-27H,9-10,15H2,1-8H3;2*1H;/q;;;+4/p-4. The maximum atomic E-state index is 13.1. The van der Waals surface area contributed by atoms with Crippen molar-refractivity contribution in [2.45, 2.75) is 85.5 Å². The van der Waals surface area contributed by atoms with Gasteiger partial charge in [-0.1, -0.05) is 90.8 Å². The third-order valence-electron chi connectivity index (χ3n) is 5.26. The van der Waals surface area contributed by atoms with Gasteiger partial charge in [-0.15, -0.1) is 11.5 Å². The first-order valence-electron chi connectivity index (χ1n) is 10.0. The van der Waals surface area contributed by atoms with Gasteiger partial charge in [0.15, 0.2) is 0 Å². The first-order valence-corrected chi connectivity index (χ1v) is 10.0. The monoisotopic (exact) mass is 484 g/mol. The van der Waals surface area contributed by atoms with Crippen LogP contribution in [0.4, 0.5) is 0 Å². The van der Waals surface area contributed by atoms with Gasteiger partial charge in [0.1, 0.15) is 0 Å². The van der Waals surface area contributed by atoms with Crippen LogP contribution in [0.15, 0.2) is 24.3 Å². The van der Waals surface area contributed by atoms with Gasteiger partial charge in [0.05, 0.1) is 0 Å². The second kappa shape index (κ2) is 11.8. The van der Waals surface area contributed by atoms with Crippen molar-refractivity contribution in [3.8, 4) is 11.5 Å². The predicted octanol–water partition coefficient (Wildman–Crippen LogP) is -0.850. The van der Waals surface area contributed by atoms with E-state index in [4.69, 9.17) is 0 Å². The van der Waals surface area contributed by atoms with Crippen LogP contribution in [-0.4, -0.2) is 0 Å². The molecule has 0 aliphatic heterocycles. The van der Waals surface area contributed by atoms with Crippen molar-refractivity contribution < 1.29 is 56.7 Å². The minimum atomic E-state index is -0.209. The van der Waals surface area contributed by atoms with Gasteiger partial charge in [0.25, 0.3) is 0 Å². The van der Waals surface area contributed by atoms with Crippen LogP contribution in [0.2, 0.25) is 0 Å². The largest absolute Gasteiger partial charge is 4.00 e. The summed E-state index contributed by atoms with van der Waals surface area (Å²) in [4.78, 5) is 0. The fraction of sp³-hybridized carbons (Fsp3) is 0.520. The van der Waals surface area contributed by atoms with Crippen LogP contribution in [0, 0.1) is 0 Å². The van der Waals surface area contributed by atoms with Crippen molar-refractivity contribution in [1.29, 1.82) is 0 Å². The molecule has 0 heterocycles. The molecular formula is C25H34Cl2O2Ti. The third-order valence-corrected chi connectivity index (χ3v) is 5.26. The van der Waals surface area contributed by atoms with E-state index in [2.05, 4.69) is 55.4 Å². The molecule has 0 saturated carbocycles. The van der Waals surface area contributed by atoms with Crippen LogP contribution in [0.25, 0.3) is 0 Å². The number of benzene rings is 2. The molecule has 0 radical (unpaired) electrons. The number of rotatable bonds is 4. The predicted molar refractivity (Wildman–Crippen MR) is 111 cm³/mol. The van der Waals surface area contributed by atoms with Gasteiger partial charge < -0.3 is 35.0 Å². The Balaban J connectivity index is 0. The van der Waals surface area contributed by atoms with E-state index >= 15 is 0 Å². The van der Waals surface area contributed by atoms with Crippen LogP contribution >= 0.6 is 0 Å². The summed E-state index contributed by atoms with van der Waals surface area (Å²) in [6, 6.07) is 8.05. The van der Waals surface area contributed by atoms with E-state index in [0.29, 0.717) is 6.42 Å². The molecule has 0 bridgehead atoms. The molecule has 0 aliphatic rings. The maximum absolute atomic E-state index is 13.1. The minimum Gasteiger partial charge on any atom is -1.00 e. The second-order valence-corrected chi connectivity index (χ2v) is 9.65. The van der Waals surface area contributed by atoms with Crippen molar-refractivity contribution in [1.82, 2.24) is 0 Å². The van der Waals surface area contributed by atoms with Gasteiger partial charge in [0, 0.05) is 0 Å². The van der Waals surface area contributed by atoms with Gasteiger partial charge in [-0.05, 0) is 52.3 Å². The van der Waals surface area contributed by atoms with E-state index in [1.807, 2.05) is 24.3 Å². The number of aryl methyl sites for hydroxylation is 2. The van der Waals surface area contributed by atoms with E-state index in [1.54, 1.807) is 0 Å². The molecule has 0 N–H and O–H groups in total. The first kappa shape index (κ1) is 31.5. The van der Waals surface area contributed by atoms with Crippen molar-refractivity contribution in [3.63, 3.8) is 0 Å².